The van der Waals surface area contributed by atoms with E-state index < -0.39 is 5.60 Å². The van der Waals surface area contributed by atoms with Gasteiger partial charge in [0.2, 0.25) is 0 Å². The molecule has 1 saturated carbocycles. The molecular weight excluding hydrogens is 252 g/mol. The third kappa shape index (κ3) is 1.74. The highest BCUT2D eigenvalue weighted by atomic mass is 16.5. The Hall–Kier alpha value is -1.55. The van der Waals surface area contributed by atoms with Gasteiger partial charge in [-0.25, -0.2) is 0 Å². The van der Waals surface area contributed by atoms with Crippen LogP contribution in [0.5, 0.6) is 5.75 Å². The van der Waals surface area contributed by atoms with Crippen molar-refractivity contribution < 1.29 is 9.53 Å². The molecule has 0 spiro atoms. The van der Waals surface area contributed by atoms with Crippen LogP contribution in [0, 0.1) is 0 Å². The lowest BCUT2D eigenvalue weighted by Gasteiger charge is -2.43. The van der Waals surface area contributed by atoms with Crippen molar-refractivity contribution in [1.29, 1.82) is 0 Å². The van der Waals surface area contributed by atoms with Crippen molar-refractivity contribution in [3.63, 3.8) is 0 Å². The number of ether oxygens (including phenoxy) is 1. The van der Waals surface area contributed by atoms with Crippen LogP contribution in [0.25, 0.3) is 0 Å². The minimum atomic E-state index is -0.800. The lowest BCUT2D eigenvalue weighted by atomic mass is 9.64. The Kier molecular flexibility index (Phi) is 2.83. The first-order valence-electron chi connectivity index (χ1n) is 7.21. The number of nitrogens with zero attached hydrogens (tertiary/aromatic N) is 1. The lowest BCUT2D eigenvalue weighted by molar-refractivity contribution is -0.132. The molecule has 0 bridgehead atoms. The standard InChI is InChI=1S/C16H22N2O2/c1-15(2)14(19)18(3)12-9-11(5-6-13(12)20-15)16(10-17)7-4-8-16/h5-6,9H,4,7-8,10,17H2,1-3H3. The molecule has 1 fully saturated rings. The number of amides is 1. The number of hydrogen-bond donors (Lipinski definition) is 1. The molecule has 2 aliphatic rings. The molecule has 1 heterocycles. The smallest absolute Gasteiger partial charge is 0.270 e. The monoisotopic (exact) mass is 274 g/mol. The fraction of sp³-hybridized carbons (Fsp3) is 0.562. The van der Waals surface area contributed by atoms with Gasteiger partial charge in [0.1, 0.15) is 5.75 Å². The van der Waals surface area contributed by atoms with E-state index in [1.54, 1.807) is 18.7 Å². The van der Waals surface area contributed by atoms with E-state index in [-0.39, 0.29) is 11.3 Å². The van der Waals surface area contributed by atoms with Gasteiger partial charge in [0.05, 0.1) is 5.69 Å². The highest BCUT2D eigenvalue weighted by Gasteiger charge is 2.42. The Balaban J connectivity index is 2.04. The van der Waals surface area contributed by atoms with Crippen LogP contribution in [0.1, 0.15) is 38.7 Å². The third-order valence-corrected chi connectivity index (χ3v) is 4.82. The molecule has 20 heavy (non-hydrogen) atoms. The molecule has 1 aliphatic heterocycles. The second-order valence-electron chi connectivity index (χ2n) is 6.50. The fourth-order valence-electron chi connectivity index (χ4n) is 3.24. The number of likely N-dealkylation sites (N-methyl/N-ethyl adjacent to an activating group) is 1. The maximum Gasteiger partial charge on any atom is 0.270 e. The summed E-state index contributed by atoms with van der Waals surface area (Å²) in [7, 11) is 1.81. The molecule has 0 unspecified atom stereocenters. The summed E-state index contributed by atoms with van der Waals surface area (Å²) >= 11 is 0. The van der Waals surface area contributed by atoms with E-state index in [0.29, 0.717) is 6.54 Å². The van der Waals surface area contributed by atoms with Crippen molar-refractivity contribution in [2.75, 3.05) is 18.5 Å². The Morgan fingerprint density at radius 3 is 2.60 bits per heavy atom. The summed E-state index contributed by atoms with van der Waals surface area (Å²) < 4.78 is 5.83. The van der Waals surface area contributed by atoms with E-state index in [0.717, 1.165) is 24.3 Å². The van der Waals surface area contributed by atoms with E-state index >= 15 is 0 Å². The van der Waals surface area contributed by atoms with Crippen LogP contribution in [0.15, 0.2) is 18.2 Å². The van der Waals surface area contributed by atoms with Crippen molar-refractivity contribution >= 4 is 11.6 Å². The topological polar surface area (TPSA) is 55.6 Å². The summed E-state index contributed by atoms with van der Waals surface area (Å²) in [4.78, 5) is 14.0. The van der Waals surface area contributed by atoms with Crippen LogP contribution in [0.3, 0.4) is 0 Å². The van der Waals surface area contributed by atoms with Gasteiger partial charge in [0.15, 0.2) is 5.60 Å². The van der Waals surface area contributed by atoms with Gasteiger partial charge < -0.3 is 15.4 Å². The third-order valence-electron chi connectivity index (χ3n) is 4.82. The Bertz CT molecular complexity index is 556. The number of carbonyl (C=O) groups is 1. The van der Waals surface area contributed by atoms with E-state index in [4.69, 9.17) is 10.5 Å². The highest BCUT2D eigenvalue weighted by molar-refractivity contribution is 6.02. The number of benzene rings is 1. The first-order chi connectivity index (χ1) is 9.39. The molecule has 0 radical (unpaired) electrons. The van der Waals surface area contributed by atoms with Gasteiger partial charge >= 0.3 is 0 Å². The molecule has 0 atom stereocenters. The van der Waals surface area contributed by atoms with E-state index in [1.807, 2.05) is 13.1 Å². The minimum Gasteiger partial charge on any atom is -0.476 e. The average Bonchev–Trinajstić information content (AvgIpc) is 2.36. The van der Waals surface area contributed by atoms with Crippen molar-refractivity contribution in [3.05, 3.63) is 23.8 Å². The van der Waals surface area contributed by atoms with Crippen LogP contribution >= 0.6 is 0 Å². The van der Waals surface area contributed by atoms with Gasteiger partial charge in [-0.15, -0.1) is 0 Å². The molecule has 4 heteroatoms. The van der Waals surface area contributed by atoms with Gasteiger partial charge in [-0.2, -0.15) is 0 Å². The molecule has 1 aromatic rings. The van der Waals surface area contributed by atoms with Crippen molar-refractivity contribution in [1.82, 2.24) is 0 Å². The summed E-state index contributed by atoms with van der Waals surface area (Å²) in [6.07, 6.45) is 3.49. The van der Waals surface area contributed by atoms with Gasteiger partial charge in [0.25, 0.3) is 5.91 Å². The van der Waals surface area contributed by atoms with Gasteiger partial charge in [0, 0.05) is 19.0 Å². The van der Waals surface area contributed by atoms with Crippen molar-refractivity contribution in [3.8, 4) is 5.75 Å². The molecule has 1 aliphatic carbocycles. The fourth-order valence-corrected chi connectivity index (χ4v) is 3.24. The predicted molar refractivity (Wildman–Crippen MR) is 79.1 cm³/mol. The predicted octanol–water partition coefficient (Wildman–Crippen LogP) is 2.20. The molecule has 1 amide bonds. The molecule has 0 aromatic heterocycles. The number of fused-ring (bicyclic) bond motifs is 1. The number of hydrogen-bond acceptors (Lipinski definition) is 3. The van der Waals surface area contributed by atoms with Crippen molar-refractivity contribution in [2.24, 2.45) is 5.73 Å². The zero-order valence-electron chi connectivity index (χ0n) is 12.4. The van der Waals surface area contributed by atoms with Crippen LogP contribution in [0.2, 0.25) is 0 Å². The maximum absolute atomic E-state index is 12.3. The first-order valence-corrected chi connectivity index (χ1v) is 7.21. The maximum atomic E-state index is 12.3. The number of rotatable bonds is 2. The summed E-state index contributed by atoms with van der Waals surface area (Å²) in [5, 5.41) is 0. The Labute approximate surface area is 119 Å². The van der Waals surface area contributed by atoms with Crippen LogP contribution in [-0.4, -0.2) is 25.1 Å². The summed E-state index contributed by atoms with van der Waals surface area (Å²) in [6, 6.07) is 6.16. The molecule has 4 nitrogen and oxygen atoms in total. The Morgan fingerprint density at radius 1 is 1.35 bits per heavy atom. The number of nitrogens with two attached hydrogens (primary N) is 1. The van der Waals surface area contributed by atoms with Gasteiger partial charge in [-0.05, 0) is 44.4 Å². The summed E-state index contributed by atoms with van der Waals surface area (Å²) in [5.41, 5.74) is 7.36. The largest absolute Gasteiger partial charge is 0.476 e. The van der Waals surface area contributed by atoms with E-state index in [1.165, 1.54) is 12.0 Å². The molecular formula is C16H22N2O2. The normalized spacial score (nSPS) is 22.8. The second kappa shape index (κ2) is 4.22. The number of anilines is 1. The van der Waals surface area contributed by atoms with Crippen LogP contribution in [-0.2, 0) is 10.2 Å². The molecule has 1 aromatic carbocycles. The molecule has 3 rings (SSSR count). The second-order valence-corrected chi connectivity index (χ2v) is 6.50. The molecule has 108 valence electrons. The van der Waals surface area contributed by atoms with Gasteiger partial charge in [-0.3, -0.25) is 4.79 Å². The van der Waals surface area contributed by atoms with E-state index in [9.17, 15) is 4.79 Å². The van der Waals surface area contributed by atoms with E-state index in [2.05, 4.69) is 12.1 Å². The van der Waals surface area contributed by atoms with Crippen LogP contribution in [0.4, 0.5) is 5.69 Å². The summed E-state index contributed by atoms with van der Waals surface area (Å²) in [6.45, 7) is 4.27. The minimum absolute atomic E-state index is 0.0162. The average molecular weight is 274 g/mol. The number of carbonyl (C=O) groups excluding carboxylic acids is 1. The molecule has 2 N–H and O–H groups in total. The zero-order chi connectivity index (χ0) is 14.5. The SMILES string of the molecule is CN1C(=O)C(C)(C)Oc2ccc(C3(CN)CCC3)cc21. The van der Waals surface area contributed by atoms with Crippen LogP contribution < -0.4 is 15.4 Å². The van der Waals surface area contributed by atoms with Crippen molar-refractivity contribution in [2.45, 2.75) is 44.1 Å². The molecule has 0 saturated heterocycles. The highest BCUT2D eigenvalue weighted by Crippen LogP contribution is 2.46. The quantitative estimate of drug-likeness (QED) is 0.899. The lowest BCUT2D eigenvalue weighted by Crippen LogP contribution is -2.51. The Morgan fingerprint density at radius 2 is 2.05 bits per heavy atom. The first kappa shape index (κ1) is 13.4. The summed E-state index contributed by atoms with van der Waals surface area (Å²) in [5.74, 6) is 0.755. The van der Waals surface area contributed by atoms with Gasteiger partial charge in [-0.1, -0.05) is 12.5 Å². The zero-order valence-corrected chi connectivity index (χ0v) is 12.4.